The van der Waals surface area contributed by atoms with Gasteiger partial charge >= 0.3 is 12.4 Å². The summed E-state index contributed by atoms with van der Waals surface area (Å²) >= 11 is 0. The van der Waals surface area contributed by atoms with Gasteiger partial charge in [-0.15, -0.1) is 12.4 Å². The van der Waals surface area contributed by atoms with E-state index in [4.69, 9.17) is 0 Å². The summed E-state index contributed by atoms with van der Waals surface area (Å²) in [6.45, 7) is 2.12. The first-order valence-corrected chi connectivity index (χ1v) is 13.4. The lowest BCUT2D eigenvalue weighted by molar-refractivity contribution is -0.143. The van der Waals surface area contributed by atoms with Crippen LogP contribution in [0.25, 0.3) is 0 Å². The second kappa shape index (κ2) is 11.5. The molecule has 1 aromatic rings. The van der Waals surface area contributed by atoms with Gasteiger partial charge in [-0.2, -0.15) is 30.6 Å². The summed E-state index contributed by atoms with van der Waals surface area (Å²) in [7, 11) is -3.46. The molecule has 0 amide bonds. The van der Waals surface area contributed by atoms with Crippen LogP contribution in [-0.4, -0.2) is 66.8 Å². The van der Waals surface area contributed by atoms with Crippen molar-refractivity contribution in [1.29, 1.82) is 0 Å². The van der Waals surface area contributed by atoms with Crippen LogP contribution >= 0.6 is 12.4 Å². The highest BCUT2D eigenvalue weighted by Gasteiger charge is 2.48. The molecule has 5 nitrogen and oxygen atoms in total. The van der Waals surface area contributed by atoms with Crippen molar-refractivity contribution in [3.8, 4) is 0 Å². The fourth-order valence-electron chi connectivity index (χ4n) is 5.11. The largest absolute Gasteiger partial charge is 0.417 e. The zero-order valence-electron chi connectivity index (χ0n) is 20.5. The van der Waals surface area contributed by atoms with Gasteiger partial charge in [0.2, 0.25) is 15.9 Å². The maximum Gasteiger partial charge on any atom is 0.417 e. The van der Waals surface area contributed by atoms with Gasteiger partial charge in [-0.3, -0.25) is 9.69 Å². The molecule has 3 rings (SSSR count). The Labute approximate surface area is 222 Å². The fraction of sp³-hybridized carbons (Fsp3) is 0.696. The maximum atomic E-state index is 14.0. The molecule has 1 aliphatic carbocycles. The Morgan fingerprint density at radius 1 is 0.921 bits per heavy atom. The van der Waals surface area contributed by atoms with Crippen LogP contribution in [0.2, 0.25) is 0 Å². The molecule has 1 saturated heterocycles. The minimum Gasteiger partial charge on any atom is -0.295 e. The van der Waals surface area contributed by atoms with E-state index in [0.29, 0.717) is 12.1 Å². The van der Waals surface area contributed by atoms with Gasteiger partial charge in [-0.05, 0) is 38.3 Å². The van der Waals surface area contributed by atoms with E-state index in [0.717, 1.165) is 0 Å². The molecule has 2 fully saturated rings. The van der Waals surface area contributed by atoms with E-state index < -0.39 is 75.6 Å². The van der Waals surface area contributed by atoms with E-state index in [2.05, 4.69) is 0 Å². The first kappa shape index (κ1) is 32.7. The molecule has 1 aliphatic heterocycles. The molecule has 0 N–H and O–H groups in total. The lowest BCUT2D eigenvalue weighted by atomic mass is 9.74. The molecule has 0 unspecified atom stereocenters. The molecule has 0 aromatic heterocycles. The van der Waals surface area contributed by atoms with Crippen molar-refractivity contribution in [3.63, 3.8) is 0 Å². The number of Topliss-reactive ketones (excluding diaryl/α,β-unsaturated/α-hetero) is 1. The van der Waals surface area contributed by atoms with Crippen molar-refractivity contribution in [2.45, 2.75) is 69.3 Å². The lowest BCUT2D eigenvalue weighted by Gasteiger charge is -2.51. The van der Waals surface area contributed by atoms with Gasteiger partial charge in [0.1, 0.15) is 0 Å². The van der Waals surface area contributed by atoms with Gasteiger partial charge in [0.15, 0.2) is 5.78 Å². The molecule has 0 spiro atoms. The molecule has 2 aliphatic rings. The van der Waals surface area contributed by atoms with Crippen molar-refractivity contribution in [1.82, 2.24) is 9.21 Å². The molecule has 0 atom stereocenters. The van der Waals surface area contributed by atoms with E-state index in [1.54, 1.807) is 0 Å². The molecule has 218 valence electrons. The van der Waals surface area contributed by atoms with Crippen LogP contribution in [-0.2, 0) is 22.4 Å². The van der Waals surface area contributed by atoms with Crippen molar-refractivity contribution in [2.24, 2.45) is 0 Å². The van der Waals surface area contributed by atoms with Gasteiger partial charge in [0.25, 0.3) is 0 Å². The van der Waals surface area contributed by atoms with E-state index in [1.165, 1.54) is 11.2 Å². The number of ketones is 1. The molecule has 0 bridgehead atoms. The highest BCUT2D eigenvalue weighted by molar-refractivity contribution is 7.89. The lowest BCUT2D eigenvalue weighted by Crippen LogP contribution is -2.60. The zero-order chi connectivity index (χ0) is 27.9. The number of hydrogen-bond donors (Lipinski definition) is 0. The smallest absolute Gasteiger partial charge is 0.295 e. The molecule has 1 saturated carbocycles. The molecular formula is C23H29ClF8N2O3S. The SMILES string of the molecule is CCS(=O)(=O)N1CCN(C2(CCC(=O)c3ccc(C(F)(F)F)cc3C(F)(F)F)CCC(F)(F)CC2)CC1.Cl. The van der Waals surface area contributed by atoms with E-state index in [1.807, 2.05) is 4.90 Å². The van der Waals surface area contributed by atoms with Crippen molar-refractivity contribution < 1.29 is 48.3 Å². The number of sulfonamides is 1. The Hall–Kier alpha value is -1.51. The second-order valence-electron chi connectivity index (χ2n) is 9.55. The Balaban J connectivity index is 0.00000507. The number of piperazine rings is 1. The van der Waals surface area contributed by atoms with Crippen LogP contribution in [0.5, 0.6) is 0 Å². The number of benzene rings is 1. The van der Waals surface area contributed by atoms with Crippen molar-refractivity contribution in [2.75, 3.05) is 31.9 Å². The van der Waals surface area contributed by atoms with E-state index >= 15 is 0 Å². The summed E-state index contributed by atoms with van der Waals surface area (Å²) in [6.07, 6.45) is -11.9. The predicted octanol–water partition coefficient (Wildman–Crippen LogP) is 6.02. The highest BCUT2D eigenvalue weighted by atomic mass is 35.5. The minimum absolute atomic E-state index is 0. The Morgan fingerprint density at radius 2 is 1.47 bits per heavy atom. The third-order valence-corrected chi connectivity index (χ3v) is 9.23. The molecule has 0 radical (unpaired) electrons. The van der Waals surface area contributed by atoms with Gasteiger partial charge < -0.3 is 0 Å². The standard InChI is InChI=1S/C23H28F8N2O3S.ClH/c1-2-37(35,36)33-13-11-32(12-14-33)20(7-9-21(24,25)10-8-20)6-5-19(34)17-4-3-16(22(26,27)28)15-18(17)23(29,30)31;/h3-4,15H,2,5-14H2,1H3;1H. The zero-order valence-corrected chi connectivity index (χ0v) is 22.1. The van der Waals surface area contributed by atoms with Gasteiger partial charge in [0.05, 0.1) is 16.9 Å². The van der Waals surface area contributed by atoms with Crippen LogP contribution in [0.15, 0.2) is 18.2 Å². The number of alkyl halides is 8. The first-order chi connectivity index (χ1) is 16.9. The summed E-state index contributed by atoms with van der Waals surface area (Å²) in [5, 5.41) is 0. The summed E-state index contributed by atoms with van der Waals surface area (Å²) in [5.74, 6) is -4.07. The van der Waals surface area contributed by atoms with E-state index in [-0.39, 0.29) is 69.7 Å². The quantitative estimate of drug-likeness (QED) is 0.284. The Kier molecular flexibility index (Phi) is 9.93. The topological polar surface area (TPSA) is 57.7 Å². The number of halogens is 9. The molecule has 1 heterocycles. The first-order valence-electron chi connectivity index (χ1n) is 11.8. The third-order valence-electron chi connectivity index (χ3n) is 7.35. The number of carbonyl (C=O) groups excluding carboxylic acids is 1. The second-order valence-corrected chi connectivity index (χ2v) is 11.8. The van der Waals surface area contributed by atoms with Gasteiger partial charge in [-0.1, -0.05) is 6.07 Å². The van der Waals surface area contributed by atoms with E-state index in [9.17, 15) is 48.3 Å². The highest BCUT2D eigenvalue weighted by Crippen LogP contribution is 2.45. The van der Waals surface area contributed by atoms with Crippen molar-refractivity contribution in [3.05, 3.63) is 34.9 Å². The fourth-order valence-corrected chi connectivity index (χ4v) is 6.19. The monoisotopic (exact) mass is 600 g/mol. The number of hydrogen-bond acceptors (Lipinski definition) is 4. The summed E-state index contributed by atoms with van der Waals surface area (Å²) < 4.78 is 133. The summed E-state index contributed by atoms with van der Waals surface area (Å²) in [4.78, 5) is 14.7. The Morgan fingerprint density at radius 3 is 1.95 bits per heavy atom. The number of carbonyl (C=O) groups is 1. The van der Waals surface area contributed by atoms with Crippen LogP contribution < -0.4 is 0 Å². The molecular weight excluding hydrogens is 572 g/mol. The van der Waals surface area contributed by atoms with Gasteiger partial charge in [0, 0.05) is 56.5 Å². The van der Waals surface area contributed by atoms with Crippen molar-refractivity contribution >= 4 is 28.2 Å². The molecule has 38 heavy (non-hydrogen) atoms. The summed E-state index contributed by atoms with van der Waals surface area (Å²) in [6, 6.07) is 0.814. The van der Waals surface area contributed by atoms with Gasteiger partial charge in [-0.25, -0.2) is 17.2 Å². The number of nitrogens with zero attached hydrogens (tertiary/aromatic N) is 2. The molecule has 1 aromatic carbocycles. The average Bonchev–Trinajstić information content (AvgIpc) is 2.82. The Bertz CT molecular complexity index is 1090. The molecule has 15 heteroatoms. The van der Waals surface area contributed by atoms with Crippen LogP contribution in [0.3, 0.4) is 0 Å². The maximum absolute atomic E-state index is 14.0. The van der Waals surface area contributed by atoms with Crippen LogP contribution in [0.1, 0.15) is 66.9 Å². The predicted molar refractivity (Wildman–Crippen MR) is 126 cm³/mol. The normalized spacial score (nSPS) is 21.1. The third kappa shape index (κ3) is 7.36. The average molecular weight is 601 g/mol. The number of rotatable bonds is 7. The minimum atomic E-state index is -5.21. The van der Waals surface area contributed by atoms with Crippen LogP contribution in [0.4, 0.5) is 35.1 Å². The van der Waals surface area contributed by atoms with Crippen LogP contribution in [0, 0.1) is 0 Å². The summed E-state index contributed by atoms with van der Waals surface area (Å²) in [5.41, 5.74) is -5.11.